The summed E-state index contributed by atoms with van der Waals surface area (Å²) < 4.78 is 33.8. The average Bonchev–Trinajstić information content (AvgIpc) is 2.92. The van der Waals surface area contributed by atoms with E-state index in [0.29, 0.717) is 43.2 Å². The Bertz CT molecular complexity index is 1310. The SMILES string of the molecule is COc1cccc(S(=O)(=O)Nc2ccc(C(=O)N3CCN(C(=S)SCc4cccnc4)CC3)cc2)c1. The number of sulfonamides is 1. The molecule has 2 aromatic carbocycles. The summed E-state index contributed by atoms with van der Waals surface area (Å²) in [6, 6.07) is 16.6. The molecule has 1 aliphatic rings. The van der Waals surface area contributed by atoms with Crippen LogP contribution in [0.4, 0.5) is 5.69 Å². The Hall–Kier alpha value is -3.15. The smallest absolute Gasteiger partial charge is 0.262 e. The summed E-state index contributed by atoms with van der Waals surface area (Å²) in [7, 11) is -2.31. The fraction of sp³-hybridized carbons (Fsp3) is 0.240. The van der Waals surface area contributed by atoms with Gasteiger partial charge in [-0.3, -0.25) is 14.5 Å². The maximum atomic E-state index is 13.0. The molecule has 2 heterocycles. The Morgan fingerprint density at radius 3 is 2.44 bits per heavy atom. The zero-order valence-corrected chi connectivity index (χ0v) is 22.1. The highest BCUT2D eigenvalue weighted by Gasteiger charge is 2.24. The first-order valence-electron chi connectivity index (χ1n) is 11.2. The lowest BCUT2D eigenvalue weighted by Gasteiger charge is -2.36. The highest BCUT2D eigenvalue weighted by atomic mass is 32.2. The van der Waals surface area contributed by atoms with E-state index in [-0.39, 0.29) is 10.8 Å². The Kier molecular flexibility index (Phi) is 8.44. The van der Waals surface area contributed by atoms with Crippen molar-refractivity contribution >= 4 is 49.9 Å². The van der Waals surface area contributed by atoms with E-state index in [4.69, 9.17) is 17.0 Å². The quantitative estimate of drug-likeness (QED) is 0.450. The van der Waals surface area contributed by atoms with Crippen LogP contribution < -0.4 is 9.46 Å². The molecule has 1 N–H and O–H groups in total. The number of benzene rings is 2. The van der Waals surface area contributed by atoms with E-state index in [1.165, 1.54) is 19.2 Å². The van der Waals surface area contributed by atoms with Gasteiger partial charge in [0.1, 0.15) is 10.1 Å². The van der Waals surface area contributed by atoms with Crippen molar-refractivity contribution in [2.75, 3.05) is 38.0 Å². The number of amides is 1. The Morgan fingerprint density at radius 1 is 1.06 bits per heavy atom. The van der Waals surface area contributed by atoms with Crippen molar-refractivity contribution in [1.29, 1.82) is 0 Å². The maximum absolute atomic E-state index is 13.0. The Morgan fingerprint density at radius 2 is 1.78 bits per heavy atom. The molecule has 1 aromatic heterocycles. The monoisotopic (exact) mass is 542 g/mol. The van der Waals surface area contributed by atoms with Crippen molar-refractivity contribution in [2.45, 2.75) is 10.6 Å². The largest absolute Gasteiger partial charge is 0.497 e. The van der Waals surface area contributed by atoms with Crippen LogP contribution in [0.25, 0.3) is 0 Å². The van der Waals surface area contributed by atoms with Crippen LogP contribution in [0, 0.1) is 0 Å². The lowest BCUT2D eigenvalue weighted by molar-refractivity contribution is 0.0695. The Balaban J connectivity index is 1.30. The number of methoxy groups -OCH3 is 1. The molecule has 4 rings (SSSR count). The lowest BCUT2D eigenvalue weighted by Crippen LogP contribution is -2.49. The molecule has 0 spiro atoms. The molecule has 0 saturated carbocycles. The molecule has 188 valence electrons. The number of carbonyl (C=O) groups excluding carboxylic acids is 1. The third kappa shape index (κ3) is 6.54. The number of carbonyl (C=O) groups is 1. The van der Waals surface area contributed by atoms with Gasteiger partial charge in [0, 0.05) is 61.6 Å². The molecule has 1 aliphatic heterocycles. The number of hydrogen-bond donors (Lipinski definition) is 1. The second kappa shape index (κ2) is 11.7. The van der Waals surface area contributed by atoms with Gasteiger partial charge in [0.25, 0.3) is 15.9 Å². The summed E-state index contributed by atoms with van der Waals surface area (Å²) in [4.78, 5) is 21.1. The first-order chi connectivity index (χ1) is 17.4. The predicted octanol–water partition coefficient (Wildman–Crippen LogP) is 3.87. The van der Waals surface area contributed by atoms with E-state index < -0.39 is 10.0 Å². The molecule has 0 bridgehead atoms. The number of anilines is 1. The summed E-state index contributed by atoms with van der Waals surface area (Å²) >= 11 is 7.18. The van der Waals surface area contributed by atoms with E-state index in [1.807, 2.05) is 18.3 Å². The lowest BCUT2D eigenvalue weighted by atomic mass is 10.1. The molecule has 0 radical (unpaired) electrons. The fourth-order valence-electron chi connectivity index (χ4n) is 3.66. The highest BCUT2D eigenvalue weighted by molar-refractivity contribution is 8.22. The van der Waals surface area contributed by atoms with Crippen molar-refractivity contribution < 1.29 is 17.9 Å². The van der Waals surface area contributed by atoms with Gasteiger partial charge in [0.15, 0.2) is 0 Å². The van der Waals surface area contributed by atoms with Gasteiger partial charge in [-0.15, -0.1) is 0 Å². The van der Waals surface area contributed by atoms with Gasteiger partial charge in [0.05, 0.1) is 12.0 Å². The molecule has 3 aromatic rings. The first kappa shape index (κ1) is 25.9. The predicted molar refractivity (Wildman–Crippen MR) is 146 cm³/mol. The molecule has 11 heteroatoms. The molecular weight excluding hydrogens is 517 g/mol. The first-order valence-corrected chi connectivity index (χ1v) is 14.1. The van der Waals surface area contributed by atoms with Crippen LogP contribution >= 0.6 is 24.0 Å². The number of ether oxygens (including phenoxy) is 1. The third-order valence-corrected chi connectivity index (χ3v) is 8.62. The zero-order chi connectivity index (χ0) is 25.5. The van der Waals surface area contributed by atoms with E-state index in [2.05, 4.69) is 14.6 Å². The van der Waals surface area contributed by atoms with Crippen molar-refractivity contribution in [1.82, 2.24) is 14.8 Å². The molecule has 1 saturated heterocycles. The fourth-order valence-corrected chi connectivity index (χ4v) is 5.94. The van der Waals surface area contributed by atoms with E-state index in [0.717, 1.165) is 15.6 Å². The topological polar surface area (TPSA) is 91.8 Å². The van der Waals surface area contributed by atoms with Crippen LogP contribution in [-0.2, 0) is 15.8 Å². The van der Waals surface area contributed by atoms with Crippen molar-refractivity contribution in [3.05, 3.63) is 84.2 Å². The minimum atomic E-state index is -3.78. The van der Waals surface area contributed by atoms with Gasteiger partial charge < -0.3 is 14.5 Å². The summed E-state index contributed by atoms with van der Waals surface area (Å²) in [5.41, 5.74) is 1.99. The van der Waals surface area contributed by atoms with Crippen LogP contribution in [0.1, 0.15) is 15.9 Å². The van der Waals surface area contributed by atoms with Crippen LogP contribution in [0.2, 0.25) is 0 Å². The zero-order valence-electron chi connectivity index (χ0n) is 19.7. The number of thioether (sulfide) groups is 1. The Labute approximate surface area is 220 Å². The minimum Gasteiger partial charge on any atom is -0.497 e. The van der Waals surface area contributed by atoms with Crippen LogP contribution in [0.15, 0.2) is 78.0 Å². The summed E-state index contributed by atoms with van der Waals surface area (Å²) in [6.45, 7) is 2.47. The standard InChI is InChI=1S/C25H26N4O4S3/c1-33-22-5-2-6-23(16-22)36(31,32)27-21-9-7-20(8-10-21)24(30)28-12-14-29(15-13-28)25(34)35-18-19-4-3-11-26-17-19/h2-11,16-17,27H,12-15,18H2,1H3. The number of pyridine rings is 1. The molecule has 1 amide bonds. The van der Waals surface area contributed by atoms with E-state index >= 15 is 0 Å². The normalized spacial score (nSPS) is 13.8. The number of nitrogens with zero attached hydrogens (tertiary/aromatic N) is 3. The number of thiocarbonyl (C=S) groups is 1. The van der Waals surface area contributed by atoms with Gasteiger partial charge in [0.2, 0.25) is 0 Å². The number of aromatic nitrogens is 1. The maximum Gasteiger partial charge on any atom is 0.262 e. The van der Waals surface area contributed by atoms with Crippen LogP contribution in [0.3, 0.4) is 0 Å². The van der Waals surface area contributed by atoms with Gasteiger partial charge >= 0.3 is 0 Å². The van der Waals surface area contributed by atoms with Gasteiger partial charge in [-0.1, -0.05) is 36.1 Å². The van der Waals surface area contributed by atoms with Gasteiger partial charge in [-0.25, -0.2) is 8.42 Å². The van der Waals surface area contributed by atoms with Crippen LogP contribution in [-0.4, -0.2) is 66.7 Å². The van der Waals surface area contributed by atoms with Crippen molar-refractivity contribution in [2.24, 2.45) is 0 Å². The molecule has 1 fully saturated rings. The van der Waals surface area contributed by atoms with Gasteiger partial charge in [-0.05, 0) is 48.0 Å². The van der Waals surface area contributed by atoms with Gasteiger partial charge in [-0.2, -0.15) is 0 Å². The summed E-state index contributed by atoms with van der Waals surface area (Å²) in [5, 5.41) is 0. The molecule has 0 aliphatic carbocycles. The molecule has 8 nitrogen and oxygen atoms in total. The average molecular weight is 543 g/mol. The minimum absolute atomic E-state index is 0.0919. The van der Waals surface area contributed by atoms with E-state index in [9.17, 15) is 13.2 Å². The molecular formula is C25H26N4O4S3. The third-order valence-electron chi connectivity index (χ3n) is 5.65. The molecule has 0 atom stereocenters. The number of piperazine rings is 1. The van der Waals surface area contributed by atoms with E-state index in [1.54, 1.807) is 59.3 Å². The highest BCUT2D eigenvalue weighted by Crippen LogP contribution is 2.22. The van der Waals surface area contributed by atoms with Crippen LogP contribution in [0.5, 0.6) is 5.75 Å². The molecule has 36 heavy (non-hydrogen) atoms. The molecule has 0 unspecified atom stereocenters. The number of rotatable bonds is 7. The van der Waals surface area contributed by atoms with Crippen molar-refractivity contribution in [3.63, 3.8) is 0 Å². The summed E-state index contributed by atoms with van der Waals surface area (Å²) in [5.74, 6) is 1.12. The number of nitrogens with one attached hydrogen (secondary N) is 1. The summed E-state index contributed by atoms with van der Waals surface area (Å²) in [6.07, 6.45) is 3.58. The second-order valence-corrected chi connectivity index (χ2v) is 11.3. The second-order valence-electron chi connectivity index (χ2n) is 8.06. The number of hydrogen-bond acceptors (Lipinski definition) is 7. The van der Waals surface area contributed by atoms with Crippen molar-refractivity contribution in [3.8, 4) is 5.75 Å².